The van der Waals surface area contributed by atoms with Gasteiger partial charge in [-0.3, -0.25) is 4.79 Å². The molecule has 0 radical (unpaired) electrons. The molecule has 0 aliphatic carbocycles. The zero-order valence-electron chi connectivity index (χ0n) is 16.7. The van der Waals surface area contributed by atoms with Crippen LogP contribution in [-0.4, -0.2) is 45.4 Å². The van der Waals surface area contributed by atoms with Gasteiger partial charge < -0.3 is 19.4 Å². The first-order chi connectivity index (χ1) is 13.2. The molecule has 0 aliphatic rings. The quantitative estimate of drug-likeness (QED) is 0.612. The largest absolute Gasteiger partial charge is 0.464 e. The van der Waals surface area contributed by atoms with Crippen molar-refractivity contribution in [2.75, 3.05) is 13.2 Å². The first-order valence-corrected chi connectivity index (χ1v) is 10.1. The van der Waals surface area contributed by atoms with E-state index in [0.29, 0.717) is 6.54 Å². The third kappa shape index (κ3) is 6.78. The molecule has 0 unspecified atom stereocenters. The lowest BCUT2D eigenvalue weighted by Gasteiger charge is -2.19. The van der Waals surface area contributed by atoms with Crippen LogP contribution in [0, 0.1) is 0 Å². The molecule has 0 saturated heterocycles. The Morgan fingerprint density at radius 1 is 1.32 bits per heavy atom. The smallest absolute Gasteiger partial charge is 0.407 e. The minimum atomic E-state index is -0.571. The van der Waals surface area contributed by atoms with Gasteiger partial charge in [-0.1, -0.05) is 6.92 Å². The van der Waals surface area contributed by atoms with E-state index in [9.17, 15) is 9.59 Å². The number of rotatable bonds is 8. The van der Waals surface area contributed by atoms with E-state index in [2.05, 4.69) is 38.1 Å². The van der Waals surface area contributed by atoms with Crippen LogP contribution in [0.15, 0.2) is 16.7 Å². The summed E-state index contributed by atoms with van der Waals surface area (Å²) in [6, 6.07) is 1.92. The molecule has 2 aromatic rings. The zero-order chi connectivity index (χ0) is 20.7. The molecule has 2 heterocycles. The SMILES string of the molecule is CCCc1nc2cc(Br)cnc2n1CCOC(=O)CCNC(=O)OC(C)(C)C. The number of hydrogen-bond acceptors (Lipinski definition) is 6. The summed E-state index contributed by atoms with van der Waals surface area (Å²) < 4.78 is 13.3. The first-order valence-electron chi connectivity index (χ1n) is 9.32. The van der Waals surface area contributed by atoms with Crippen LogP contribution in [0.3, 0.4) is 0 Å². The molecule has 0 aromatic carbocycles. The molecule has 9 heteroatoms. The average Bonchev–Trinajstić information content (AvgIpc) is 2.90. The Labute approximate surface area is 173 Å². The second-order valence-electron chi connectivity index (χ2n) is 7.33. The molecule has 1 N–H and O–H groups in total. The number of hydrogen-bond donors (Lipinski definition) is 1. The number of imidazole rings is 1. The maximum Gasteiger partial charge on any atom is 0.407 e. The molecule has 154 valence electrons. The molecule has 8 nitrogen and oxygen atoms in total. The van der Waals surface area contributed by atoms with E-state index < -0.39 is 11.7 Å². The number of pyridine rings is 1. The van der Waals surface area contributed by atoms with Gasteiger partial charge in [-0.15, -0.1) is 0 Å². The Morgan fingerprint density at radius 2 is 2.07 bits per heavy atom. The minimum Gasteiger partial charge on any atom is -0.464 e. The van der Waals surface area contributed by atoms with E-state index in [1.54, 1.807) is 27.0 Å². The van der Waals surface area contributed by atoms with Gasteiger partial charge in [0.25, 0.3) is 0 Å². The lowest BCUT2D eigenvalue weighted by molar-refractivity contribution is -0.143. The second kappa shape index (κ2) is 9.86. The summed E-state index contributed by atoms with van der Waals surface area (Å²) in [5, 5.41) is 2.54. The van der Waals surface area contributed by atoms with Crippen LogP contribution < -0.4 is 5.32 Å². The molecule has 0 fully saturated rings. The number of fused-ring (bicyclic) bond motifs is 1. The van der Waals surface area contributed by atoms with Crippen LogP contribution in [-0.2, 0) is 27.2 Å². The third-order valence-corrected chi connectivity index (χ3v) is 4.11. The van der Waals surface area contributed by atoms with Crippen LogP contribution >= 0.6 is 15.9 Å². The van der Waals surface area contributed by atoms with Gasteiger partial charge >= 0.3 is 12.1 Å². The molecular formula is C19H27BrN4O4. The number of esters is 1. The van der Waals surface area contributed by atoms with Crippen molar-refractivity contribution >= 4 is 39.2 Å². The van der Waals surface area contributed by atoms with Crippen molar-refractivity contribution in [3.63, 3.8) is 0 Å². The number of carbonyl (C=O) groups excluding carboxylic acids is 2. The van der Waals surface area contributed by atoms with Crippen molar-refractivity contribution in [1.82, 2.24) is 19.9 Å². The molecule has 2 rings (SSSR count). The van der Waals surface area contributed by atoms with Crippen molar-refractivity contribution in [3.8, 4) is 0 Å². The Hall–Kier alpha value is -2.16. The van der Waals surface area contributed by atoms with Crippen molar-refractivity contribution in [2.45, 2.75) is 59.1 Å². The average molecular weight is 455 g/mol. The van der Waals surface area contributed by atoms with Crippen LogP contribution in [0.25, 0.3) is 11.2 Å². The normalized spacial score (nSPS) is 11.5. The second-order valence-corrected chi connectivity index (χ2v) is 8.24. The van der Waals surface area contributed by atoms with Gasteiger partial charge in [0.1, 0.15) is 23.5 Å². The molecule has 1 amide bonds. The lowest BCUT2D eigenvalue weighted by atomic mass is 10.2. The Morgan fingerprint density at radius 3 is 2.75 bits per heavy atom. The van der Waals surface area contributed by atoms with Crippen molar-refractivity contribution < 1.29 is 19.1 Å². The number of alkyl carbamates (subject to hydrolysis) is 1. The van der Waals surface area contributed by atoms with Gasteiger partial charge in [0.05, 0.1) is 13.0 Å². The Bertz CT molecular complexity index is 829. The molecule has 0 atom stereocenters. The van der Waals surface area contributed by atoms with E-state index in [0.717, 1.165) is 34.3 Å². The number of amides is 1. The van der Waals surface area contributed by atoms with Crippen molar-refractivity contribution in [1.29, 1.82) is 0 Å². The maximum atomic E-state index is 11.9. The highest BCUT2D eigenvalue weighted by Crippen LogP contribution is 2.19. The van der Waals surface area contributed by atoms with E-state index in [-0.39, 0.29) is 25.5 Å². The van der Waals surface area contributed by atoms with Gasteiger partial charge in [0, 0.05) is 23.6 Å². The molecule has 0 saturated carbocycles. The van der Waals surface area contributed by atoms with Crippen molar-refractivity contribution in [3.05, 3.63) is 22.6 Å². The highest BCUT2D eigenvalue weighted by atomic mass is 79.9. The van der Waals surface area contributed by atoms with Crippen molar-refractivity contribution in [2.24, 2.45) is 0 Å². The number of ether oxygens (including phenoxy) is 2. The van der Waals surface area contributed by atoms with Crippen LogP contribution in [0.4, 0.5) is 4.79 Å². The Kier molecular flexibility index (Phi) is 7.79. The van der Waals surface area contributed by atoms with E-state index in [1.807, 2.05) is 10.6 Å². The summed E-state index contributed by atoms with van der Waals surface area (Å²) in [5.41, 5.74) is 1.01. The molecule has 28 heavy (non-hydrogen) atoms. The summed E-state index contributed by atoms with van der Waals surface area (Å²) in [7, 11) is 0. The molecular weight excluding hydrogens is 428 g/mol. The topological polar surface area (TPSA) is 95.3 Å². The van der Waals surface area contributed by atoms with Gasteiger partial charge in [-0.25, -0.2) is 14.8 Å². The minimum absolute atomic E-state index is 0.0803. The lowest BCUT2D eigenvalue weighted by Crippen LogP contribution is -2.33. The van der Waals surface area contributed by atoms with E-state index >= 15 is 0 Å². The van der Waals surface area contributed by atoms with Gasteiger partial charge in [-0.05, 0) is 49.2 Å². The fourth-order valence-electron chi connectivity index (χ4n) is 2.59. The Balaban J connectivity index is 1.83. The summed E-state index contributed by atoms with van der Waals surface area (Å²) in [5.74, 6) is 0.541. The highest BCUT2D eigenvalue weighted by molar-refractivity contribution is 9.10. The summed E-state index contributed by atoms with van der Waals surface area (Å²) in [6.07, 6.45) is 3.04. The zero-order valence-corrected chi connectivity index (χ0v) is 18.3. The van der Waals surface area contributed by atoms with Crippen LogP contribution in [0.1, 0.15) is 46.4 Å². The number of aryl methyl sites for hydroxylation is 1. The first kappa shape index (κ1) is 22.1. The van der Waals surface area contributed by atoms with Gasteiger partial charge in [0.15, 0.2) is 5.65 Å². The molecule has 2 aromatic heterocycles. The van der Waals surface area contributed by atoms with Crippen LogP contribution in [0.2, 0.25) is 0 Å². The summed E-state index contributed by atoms with van der Waals surface area (Å²) in [6.45, 7) is 8.28. The monoisotopic (exact) mass is 454 g/mol. The highest BCUT2D eigenvalue weighted by Gasteiger charge is 2.16. The fraction of sp³-hybridized carbons (Fsp3) is 0.579. The summed E-state index contributed by atoms with van der Waals surface area (Å²) >= 11 is 3.41. The molecule has 0 aliphatic heterocycles. The van der Waals surface area contributed by atoms with E-state index in [1.165, 1.54) is 0 Å². The predicted octanol–water partition coefficient (Wildman–Crippen LogP) is 3.60. The fourth-order valence-corrected chi connectivity index (χ4v) is 2.91. The maximum absolute atomic E-state index is 11.9. The standard InChI is InChI=1S/C19H27BrN4O4/c1-5-6-15-23-14-11-13(20)12-22-17(14)24(15)9-10-27-16(25)7-8-21-18(26)28-19(2,3)4/h11-12H,5-10H2,1-4H3,(H,21,26). The predicted molar refractivity (Wildman–Crippen MR) is 109 cm³/mol. The van der Waals surface area contributed by atoms with E-state index in [4.69, 9.17) is 9.47 Å². The third-order valence-electron chi connectivity index (χ3n) is 3.68. The van der Waals surface area contributed by atoms with Gasteiger partial charge in [0.2, 0.25) is 0 Å². The van der Waals surface area contributed by atoms with Crippen LogP contribution in [0.5, 0.6) is 0 Å². The molecule has 0 spiro atoms. The number of aromatic nitrogens is 3. The number of carbonyl (C=O) groups is 2. The number of nitrogens with one attached hydrogen (secondary N) is 1. The van der Waals surface area contributed by atoms with Gasteiger partial charge in [-0.2, -0.15) is 0 Å². The number of nitrogens with zero attached hydrogens (tertiary/aromatic N) is 3. The number of halogens is 1. The molecule has 0 bridgehead atoms. The summed E-state index contributed by atoms with van der Waals surface area (Å²) in [4.78, 5) is 32.5.